The summed E-state index contributed by atoms with van der Waals surface area (Å²) in [5.74, 6) is 0.0540. The van der Waals surface area contributed by atoms with Gasteiger partial charge in [0, 0.05) is 5.56 Å². The summed E-state index contributed by atoms with van der Waals surface area (Å²) in [7, 11) is 0. The number of hydrazine groups is 1. The molecular formula is C20H23N3O3S. The molecule has 0 bridgehead atoms. The smallest absolute Gasteiger partial charge is 0.269 e. The molecule has 0 unspecified atom stereocenters. The fraction of sp³-hybridized carbons (Fsp3) is 0.250. The third kappa shape index (κ3) is 6.07. The minimum atomic E-state index is -0.419. The molecule has 0 saturated heterocycles. The molecule has 0 fully saturated rings. The average Bonchev–Trinajstić information content (AvgIpc) is 2.65. The quantitative estimate of drug-likeness (QED) is 0.545. The second-order valence-corrected chi connectivity index (χ2v) is 6.79. The van der Waals surface area contributed by atoms with E-state index in [4.69, 9.17) is 17.0 Å². The van der Waals surface area contributed by atoms with Crippen LogP contribution in [-0.2, 0) is 0 Å². The maximum Gasteiger partial charge on any atom is 0.269 e. The van der Waals surface area contributed by atoms with E-state index in [-0.39, 0.29) is 11.0 Å². The highest BCUT2D eigenvalue weighted by Crippen LogP contribution is 2.18. The van der Waals surface area contributed by atoms with Gasteiger partial charge in [-0.05, 0) is 48.8 Å². The van der Waals surface area contributed by atoms with Gasteiger partial charge in [0.1, 0.15) is 5.75 Å². The topological polar surface area (TPSA) is 79.5 Å². The predicted octanol–water partition coefficient (Wildman–Crippen LogP) is 2.98. The number of hydrogen-bond acceptors (Lipinski definition) is 4. The van der Waals surface area contributed by atoms with E-state index in [1.807, 2.05) is 32.9 Å². The van der Waals surface area contributed by atoms with Crippen molar-refractivity contribution in [2.45, 2.75) is 20.8 Å². The summed E-state index contributed by atoms with van der Waals surface area (Å²) in [5.41, 5.74) is 6.74. The van der Waals surface area contributed by atoms with Crippen molar-refractivity contribution in [1.82, 2.24) is 16.2 Å². The van der Waals surface area contributed by atoms with Crippen LogP contribution in [0.4, 0.5) is 0 Å². The summed E-state index contributed by atoms with van der Waals surface area (Å²) in [6.45, 7) is 6.39. The zero-order valence-corrected chi connectivity index (χ0v) is 16.4. The Kier molecular flexibility index (Phi) is 7.31. The van der Waals surface area contributed by atoms with Gasteiger partial charge in [0.2, 0.25) is 0 Å². The zero-order valence-electron chi connectivity index (χ0n) is 15.5. The molecule has 2 rings (SSSR count). The van der Waals surface area contributed by atoms with Crippen molar-refractivity contribution in [3.8, 4) is 5.75 Å². The molecule has 0 radical (unpaired) electrons. The molecule has 0 aromatic heterocycles. The summed E-state index contributed by atoms with van der Waals surface area (Å²) in [4.78, 5) is 24.6. The first-order valence-corrected chi connectivity index (χ1v) is 8.98. The van der Waals surface area contributed by atoms with Crippen LogP contribution in [0.3, 0.4) is 0 Å². The van der Waals surface area contributed by atoms with Crippen LogP contribution >= 0.6 is 12.2 Å². The first-order chi connectivity index (χ1) is 12.9. The van der Waals surface area contributed by atoms with Crippen molar-refractivity contribution in [3.05, 3.63) is 65.2 Å². The Bertz CT molecular complexity index is 837. The molecule has 142 valence electrons. The fourth-order valence-corrected chi connectivity index (χ4v) is 2.39. The average molecular weight is 385 g/mol. The lowest BCUT2D eigenvalue weighted by Gasteiger charge is -2.14. The van der Waals surface area contributed by atoms with Crippen LogP contribution in [-0.4, -0.2) is 23.5 Å². The second-order valence-electron chi connectivity index (χ2n) is 6.38. The Labute approximate surface area is 164 Å². The highest BCUT2D eigenvalue weighted by molar-refractivity contribution is 7.80. The van der Waals surface area contributed by atoms with Gasteiger partial charge in [-0.2, -0.15) is 0 Å². The van der Waals surface area contributed by atoms with Crippen LogP contribution in [0, 0.1) is 12.8 Å². The van der Waals surface area contributed by atoms with Gasteiger partial charge < -0.3 is 4.74 Å². The highest BCUT2D eigenvalue weighted by Gasteiger charge is 2.14. The highest BCUT2D eigenvalue weighted by atomic mass is 32.1. The van der Waals surface area contributed by atoms with Gasteiger partial charge in [0.25, 0.3) is 11.8 Å². The number of carbonyl (C=O) groups excluding carboxylic acids is 2. The standard InChI is InChI=1S/C20H23N3O3S/c1-13(2)12-26-17-11-7-6-10-16(17)18(24)21-20(27)23-22-19(25)15-9-5-4-8-14(15)3/h4-11,13H,12H2,1-3H3,(H,22,25)(H2,21,23,24,27). The molecule has 2 aromatic carbocycles. The maximum atomic E-state index is 12.5. The molecule has 7 heteroatoms. The lowest BCUT2D eigenvalue weighted by atomic mass is 10.1. The molecule has 3 N–H and O–H groups in total. The van der Waals surface area contributed by atoms with E-state index in [2.05, 4.69) is 16.2 Å². The predicted molar refractivity (Wildman–Crippen MR) is 109 cm³/mol. The van der Waals surface area contributed by atoms with Crippen molar-refractivity contribution in [2.24, 2.45) is 5.92 Å². The van der Waals surface area contributed by atoms with E-state index in [1.165, 1.54) is 0 Å². The minimum absolute atomic E-state index is 0.0133. The van der Waals surface area contributed by atoms with E-state index >= 15 is 0 Å². The van der Waals surface area contributed by atoms with Gasteiger partial charge in [-0.3, -0.25) is 25.8 Å². The molecule has 6 nitrogen and oxygen atoms in total. The Hall–Kier alpha value is -2.93. The normalized spacial score (nSPS) is 10.2. The van der Waals surface area contributed by atoms with E-state index in [9.17, 15) is 9.59 Å². The lowest BCUT2D eigenvalue weighted by molar-refractivity contribution is 0.0933. The zero-order chi connectivity index (χ0) is 19.8. The number of amides is 2. The van der Waals surface area contributed by atoms with Crippen molar-refractivity contribution < 1.29 is 14.3 Å². The Morgan fingerprint density at radius 2 is 1.59 bits per heavy atom. The number of para-hydroxylation sites is 1. The van der Waals surface area contributed by atoms with Crippen molar-refractivity contribution in [3.63, 3.8) is 0 Å². The fourth-order valence-electron chi connectivity index (χ4n) is 2.25. The number of aryl methyl sites for hydroxylation is 1. The molecule has 0 aliphatic carbocycles. The Morgan fingerprint density at radius 1 is 0.963 bits per heavy atom. The molecule has 0 atom stereocenters. The molecule has 2 amide bonds. The summed E-state index contributed by atoms with van der Waals surface area (Å²) < 4.78 is 5.68. The van der Waals surface area contributed by atoms with E-state index < -0.39 is 5.91 Å². The van der Waals surface area contributed by atoms with Crippen LogP contribution in [0.2, 0.25) is 0 Å². The minimum Gasteiger partial charge on any atom is -0.492 e. The molecule has 0 spiro atoms. The first kappa shape index (κ1) is 20.4. The summed E-state index contributed by atoms with van der Waals surface area (Å²) in [6.07, 6.45) is 0. The summed E-state index contributed by atoms with van der Waals surface area (Å²) >= 11 is 5.08. The summed E-state index contributed by atoms with van der Waals surface area (Å²) in [5, 5.41) is 2.52. The first-order valence-electron chi connectivity index (χ1n) is 8.57. The molecular weight excluding hydrogens is 362 g/mol. The Morgan fingerprint density at radius 3 is 2.26 bits per heavy atom. The number of nitrogens with one attached hydrogen (secondary N) is 3. The van der Waals surface area contributed by atoms with E-state index in [0.717, 1.165) is 5.56 Å². The monoisotopic (exact) mass is 385 g/mol. The molecule has 0 saturated carbocycles. The molecule has 0 heterocycles. The molecule has 0 aliphatic heterocycles. The molecule has 2 aromatic rings. The Balaban J connectivity index is 1.93. The lowest BCUT2D eigenvalue weighted by Crippen LogP contribution is -2.48. The van der Waals surface area contributed by atoms with Crippen molar-refractivity contribution >= 4 is 29.1 Å². The van der Waals surface area contributed by atoms with Gasteiger partial charge in [-0.15, -0.1) is 0 Å². The summed E-state index contributed by atoms with van der Waals surface area (Å²) in [6, 6.07) is 14.1. The van der Waals surface area contributed by atoms with E-state index in [0.29, 0.717) is 29.4 Å². The molecule has 0 aliphatic rings. The third-order valence-electron chi connectivity index (χ3n) is 3.61. The van der Waals surface area contributed by atoms with Crippen LogP contribution in [0.15, 0.2) is 48.5 Å². The van der Waals surface area contributed by atoms with Crippen LogP contribution < -0.4 is 20.9 Å². The number of benzene rings is 2. The number of hydrogen-bond donors (Lipinski definition) is 3. The van der Waals surface area contributed by atoms with Gasteiger partial charge in [0.15, 0.2) is 5.11 Å². The molecule has 27 heavy (non-hydrogen) atoms. The van der Waals surface area contributed by atoms with Crippen LogP contribution in [0.5, 0.6) is 5.75 Å². The van der Waals surface area contributed by atoms with Gasteiger partial charge in [-0.25, -0.2) is 0 Å². The van der Waals surface area contributed by atoms with Crippen LogP contribution in [0.25, 0.3) is 0 Å². The SMILES string of the molecule is Cc1ccccc1C(=O)NNC(=S)NC(=O)c1ccccc1OCC(C)C. The number of thiocarbonyl (C=S) groups is 1. The second kappa shape index (κ2) is 9.68. The van der Waals surface area contributed by atoms with Crippen LogP contribution in [0.1, 0.15) is 40.1 Å². The largest absolute Gasteiger partial charge is 0.492 e. The van der Waals surface area contributed by atoms with Gasteiger partial charge >= 0.3 is 0 Å². The third-order valence-corrected chi connectivity index (χ3v) is 3.81. The number of ether oxygens (including phenoxy) is 1. The van der Waals surface area contributed by atoms with E-state index in [1.54, 1.807) is 36.4 Å². The van der Waals surface area contributed by atoms with Gasteiger partial charge in [-0.1, -0.05) is 44.2 Å². The van der Waals surface area contributed by atoms with Crippen molar-refractivity contribution in [2.75, 3.05) is 6.61 Å². The van der Waals surface area contributed by atoms with Gasteiger partial charge in [0.05, 0.1) is 12.2 Å². The number of carbonyl (C=O) groups is 2. The number of rotatable bonds is 5. The maximum absolute atomic E-state index is 12.5. The van der Waals surface area contributed by atoms with Crippen molar-refractivity contribution in [1.29, 1.82) is 0 Å².